The Labute approximate surface area is 165 Å². The van der Waals surface area contributed by atoms with Gasteiger partial charge in [0.1, 0.15) is 11.8 Å². The maximum absolute atomic E-state index is 14.9. The number of halogens is 1. The molecule has 1 atom stereocenters. The zero-order valence-corrected chi connectivity index (χ0v) is 15.6. The first-order valence-electron chi connectivity index (χ1n) is 9.01. The van der Waals surface area contributed by atoms with Crippen LogP contribution in [0.5, 0.6) is 0 Å². The lowest BCUT2D eigenvalue weighted by Crippen LogP contribution is -2.33. The average molecular weight is 395 g/mol. The number of ether oxygens (including phenoxy) is 1. The van der Waals surface area contributed by atoms with E-state index in [0.29, 0.717) is 17.1 Å². The number of anilines is 1. The van der Waals surface area contributed by atoms with Crippen LogP contribution in [0, 0.1) is 5.82 Å². The summed E-state index contributed by atoms with van der Waals surface area (Å²) < 4.78 is 21.6. The number of benzene rings is 1. The third-order valence-electron chi connectivity index (χ3n) is 4.49. The molecule has 0 aliphatic carbocycles. The molecule has 3 aromatic rings. The van der Waals surface area contributed by atoms with Crippen LogP contribution in [0.1, 0.15) is 6.92 Å². The number of pyridine rings is 1. The van der Waals surface area contributed by atoms with Gasteiger partial charge in [0.15, 0.2) is 5.82 Å². The smallest absolute Gasteiger partial charge is 0.414 e. The monoisotopic (exact) mass is 395 g/mol. The molecule has 3 heterocycles. The molecule has 0 radical (unpaired) electrons. The number of rotatable bonds is 5. The van der Waals surface area contributed by atoms with Gasteiger partial charge in [-0.15, -0.1) is 0 Å². The van der Waals surface area contributed by atoms with Crippen molar-refractivity contribution >= 4 is 17.7 Å². The van der Waals surface area contributed by atoms with Gasteiger partial charge in [-0.3, -0.25) is 14.7 Å². The molecule has 29 heavy (non-hydrogen) atoms. The van der Waals surface area contributed by atoms with Crippen molar-refractivity contribution in [2.45, 2.75) is 13.0 Å². The summed E-state index contributed by atoms with van der Waals surface area (Å²) in [6.07, 6.45) is 2.15. The summed E-state index contributed by atoms with van der Waals surface area (Å²) in [5.41, 5.74) is 1.92. The quantitative estimate of drug-likeness (QED) is 0.717. The number of hydrogen-bond donors (Lipinski definition) is 1. The Kier molecular flexibility index (Phi) is 4.94. The van der Waals surface area contributed by atoms with E-state index >= 15 is 0 Å². The number of amides is 2. The summed E-state index contributed by atoms with van der Waals surface area (Å²) in [4.78, 5) is 28.8. The second-order valence-corrected chi connectivity index (χ2v) is 6.53. The molecule has 148 valence electrons. The number of aromatic nitrogens is 3. The number of cyclic esters (lactones) is 1. The van der Waals surface area contributed by atoms with E-state index in [1.165, 1.54) is 22.6 Å². The van der Waals surface area contributed by atoms with Crippen molar-refractivity contribution in [1.29, 1.82) is 0 Å². The van der Waals surface area contributed by atoms with Gasteiger partial charge in [-0.1, -0.05) is 6.07 Å². The molecule has 0 saturated carbocycles. The second kappa shape index (κ2) is 7.70. The van der Waals surface area contributed by atoms with Crippen LogP contribution in [0.2, 0.25) is 0 Å². The first-order chi connectivity index (χ1) is 14.0. The van der Waals surface area contributed by atoms with Crippen LogP contribution >= 0.6 is 0 Å². The Morgan fingerprint density at radius 3 is 2.86 bits per heavy atom. The lowest BCUT2D eigenvalue weighted by Gasteiger charge is -2.15. The van der Waals surface area contributed by atoms with Gasteiger partial charge >= 0.3 is 6.09 Å². The van der Waals surface area contributed by atoms with Crippen molar-refractivity contribution in [1.82, 2.24) is 20.1 Å². The van der Waals surface area contributed by atoms with Crippen molar-refractivity contribution in [2.24, 2.45) is 0 Å². The summed E-state index contributed by atoms with van der Waals surface area (Å²) in [6, 6.07) is 11.7. The van der Waals surface area contributed by atoms with Gasteiger partial charge in [-0.05, 0) is 36.4 Å². The van der Waals surface area contributed by atoms with Crippen molar-refractivity contribution in [2.75, 3.05) is 18.0 Å². The molecule has 2 amide bonds. The molecule has 8 nitrogen and oxygen atoms in total. The van der Waals surface area contributed by atoms with E-state index < -0.39 is 18.0 Å². The molecule has 0 unspecified atom stereocenters. The van der Waals surface area contributed by atoms with Gasteiger partial charge < -0.3 is 10.1 Å². The largest absolute Gasteiger partial charge is 0.442 e. The predicted octanol–water partition coefficient (Wildman–Crippen LogP) is 2.53. The first-order valence-corrected chi connectivity index (χ1v) is 9.01. The molecule has 1 fully saturated rings. The molecule has 1 aliphatic rings. The highest BCUT2D eigenvalue weighted by atomic mass is 19.1. The standard InChI is InChI=1S/C20H18FN5O3/c1-13(27)23-11-15-12-25(20(28)29-15)14-5-6-18(16(21)10-14)26-19(7-9-24-26)17-4-2-3-8-22-17/h2-10,15H,11-12H2,1H3,(H,23,27)/t15-/m0/s1. The Balaban J connectivity index is 1.58. The van der Waals surface area contributed by atoms with Gasteiger partial charge in [0.25, 0.3) is 0 Å². The Morgan fingerprint density at radius 2 is 2.14 bits per heavy atom. The van der Waals surface area contributed by atoms with Crippen molar-refractivity contribution in [3.63, 3.8) is 0 Å². The second-order valence-electron chi connectivity index (χ2n) is 6.53. The van der Waals surface area contributed by atoms with Crippen LogP contribution < -0.4 is 10.2 Å². The fourth-order valence-corrected chi connectivity index (χ4v) is 3.14. The van der Waals surface area contributed by atoms with Crippen molar-refractivity contribution in [3.8, 4) is 17.1 Å². The summed E-state index contributed by atoms with van der Waals surface area (Å²) in [5, 5.41) is 6.82. The molecule has 0 bridgehead atoms. The predicted molar refractivity (Wildman–Crippen MR) is 103 cm³/mol. The van der Waals surface area contributed by atoms with Gasteiger partial charge in [0.05, 0.1) is 36.4 Å². The molecule has 4 rings (SSSR count). The third-order valence-corrected chi connectivity index (χ3v) is 4.49. The minimum Gasteiger partial charge on any atom is -0.442 e. The van der Waals surface area contributed by atoms with Crippen molar-refractivity contribution < 1.29 is 18.7 Å². The molecule has 1 saturated heterocycles. The Morgan fingerprint density at radius 1 is 1.28 bits per heavy atom. The normalized spacial score (nSPS) is 16.0. The van der Waals surface area contributed by atoms with E-state index in [0.717, 1.165) is 0 Å². The average Bonchev–Trinajstić information content (AvgIpc) is 3.33. The first kappa shape index (κ1) is 18.6. The van der Waals surface area contributed by atoms with Gasteiger partial charge in [-0.2, -0.15) is 5.10 Å². The van der Waals surface area contributed by atoms with Gasteiger partial charge in [0, 0.05) is 13.1 Å². The zero-order chi connectivity index (χ0) is 20.4. The van der Waals surface area contributed by atoms with E-state index in [1.807, 2.05) is 12.1 Å². The minimum absolute atomic E-state index is 0.207. The van der Waals surface area contributed by atoms with Crippen molar-refractivity contribution in [3.05, 3.63) is 60.7 Å². The Hall–Kier alpha value is -3.75. The molecule has 1 N–H and O–H groups in total. The van der Waals surface area contributed by atoms with E-state index in [1.54, 1.807) is 36.7 Å². The van der Waals surface area contributed by atoms with Crippen LogP contribution in [-0.2, 0) is 9.53 Å². The lowest BCUT2D eigenvalue weighted by molar-refractivity contribution is -0.119. The maximum atomic E-state index is 14.9. The van der Waals surface area contributed by atoms with Crippen LogP contribution in [0.25, 0.3) is 17.1 Å². The molecule has 9 heteroatoms. The highest BCUT2D eigenvalue weighted by Crippen LogP contribution is 2.27. The van der Waals surface area contributed by atoms with Gasteiger partial charge in [0.2, 0.25) is 5.91 Å². The highest BCUT2D eigenvalue weighted by molar-refractivity contribution is 5.90. The van der Waals surface area contributed by atoms with E-state index in [2.05, 4.69) is 15.4 Å². The summed E-state index contributed by atoms with van der Waals surface area (Å²) in [7, 11) is 0. The molecule has 2 aromatic heterocycles. The number of carbonyl (C=O) groups is 2. The molecular formula is C20H18FN5O3. The minimum atomic E-state index is -0.583. The SMILES string of the molecule is CC(=O)NC[C@H]1CN(c2ccc(-n3nccc3-c3ccccn3)c(F)c2)C(=O)O1. The fraction of sp³-hybridized carbons (Fsp3) is 0.200. The van der Waals surface area contributed by atoms with Crippen LogP contribution in [-0.4, -0.2) is 46.0 Å². The van der Waals surface area contributed by atoms with Crippen LogP contribution in [0.4, 0.5) is 14.9 Å². The van der Waals surface area contributed by atoms with Crippen LogP contribution in [0.15, 0.2) is 54.9 Å². The van der Waals surface area contributed by atoms with Gasteiger partial charge in [-0.25, -0.2) is 13.9 Å². The number of nitrogens with one attached hydrogen (secondary N) is 1. The molecular weight excluding hydrogens is 377 g/mol. The summed E-state index contributed by atoms with van der Waals surface area (Å²) >= 11 is 0. The maximum Gasteiger partial charge on any atom is 0.414 e. The lowest BCUT2D eigenvalue weighted by atomic mass is 10.2. The third kappa shape index (κ3) is 3.79. The number of carbonyl (C=O) groups excluding carboxylic acids is 2. The number of nitrogens with zero attached hydrogens (tertiary/aromatic N) is 4. The van der Waals surface area contributed by atoms with E-state index in [4.69, 9.17) is 4.74 Å². The van der Waals surface area contributed by atoms with Crippen LogP contribution in [0.3, 0.4) is 0 Å². The van der Waals surface area contributed by atoms with E-state index in [-0.39, 0.29) is 24.7 Å². The zero-order valence-electron chi connectivity index (χ0n) is 15.6. The molecule has 0 spiro atoms. The molecule has 1 aromatic carbocycles. The molecule has 1 aliphatic heterocycles. The summed E-state index contributed by atoms with van der Waals surface area (Å²) in [6.45, 7) is 1.81. The summed E-state index contributed by atoms with van der Waals surface area (Å²) in [5.74, 6) is -0.751. The highest BCUT2D eigenvalue weighted by Gasteiger charge is 2.32. The van der Waals surface area contributed by atoms with E-state index in [9.17, 15) is 14.0 Å². The number of hydrogen-bond acceptors (Lipinski definition) is 5. The fourth-order valence-electron chi connectivity index (χ4n) is 3.14. The topological polar surface area (TPSA) is 89.4 Å². The Bertz CT molecular complexity index is 1050.